The zero-order chi connectivity index (χ0) is 15.9. The van der Waals surface area contributed by atoms with E-state index in [2.05, 4.69) is 15.6 Å². The van der Waals surface area contributed by atoms with Crippen LogP contribution < -0.4 is 10.6 Å². The van der Waals surface area contributed by atoms with Crippen LogP contribution in [0.1, 0.15) is 16.1 Å². The first-order chi connectivity index (χ1) is 10.6. The molecular weight excluding hydrogens is 287 g/mol. The molecule has 0 saturated heterocycles. The Kier molecular flexibility index (Phi) is 4.88. The highest BCUT2D eigenvalue weighted by Gasteiger charge is 2.11. The Morgan fingerprint density at radius 1 is 1.32 bits per heavy atom. The predicted molar refractivity (Wildman–Crippen MR) is 77.8 cm³/mol. The van der Waals surface area contributed by atoms with Crippen molar-refractivity contribution in [3.8, 4) is 11.8 Å². The third kappa shape index (κ3) is 3.49. The van der Waals surface area contributed by atoms with Gasteiger partial charge in [-0.2, -0.15) is 5.26 Å². The minimum Gasteiger partial charge on any atom is -0.505 e. The Bertz CT molecular complexity index is 728. The van der Waals surface area contributed by atoms with Crippen molar-refractivity contribution in [3.63, 3.8) is 0 Å². The zero-order valence-corrected chi connectivity index (χ0v) is 11.5. The number of nitrogens with one attached hydrogen (secondary N) is 2. The molecular formula is C15H13FN4O2. The maximum atomic E-state index is 13.4. The van der Waals surface area contributed by atoms with Crippen LogP contribution in [0.3, 0.4) is 0 Å². The van der Waals surface area contributed by atoms with Gasteiger partial charge in [0.05, 0.1) is 5.69 Å². The van der Waals surface area contributed by atoms with Gasteiger partial charge in [-0.15, -0.1) is 0 Å². The molecule has 3 N–H and O–H groups in total. The van der Waals surface area contributed by atoms with Gasteiger partial charge in [0.15, 0.2) is 5.69 Å². The second kappa shape index (κ2) is 7.04. The Hall–Kier alpha value is -3.14. The first-order valence-corrected chi connectivity index (χ1v) is 6.48. The van der Waals surface area contributed by atoms with E-state index in [1.165, 1.54) is 30.5 Å². The number of aromatic hydroxyl groups is 1. The first kappa shape index (κ1) is 15.3. The summed E-state index contributed by atoms with van der Waals surface area (Å²) in [5.74, 6) is -1.32. The van der Waals surface area contributed by atoms with Crippen LogP contribution in [-0.4, -0.2) is 29.1 Å². The number of amides is 1. The number of halogens is 1. The number of pyridine rings is 1. The van der Waals surface area contributed by atoms with Gasteiger partial charge >= 0.3 is 0 Å². The van der Waals surface area contributed by atoms with Gasteiger partial charge in [-0.05, 0) is 24.3 Å². The van der Waals surface area contributed by atoms with Gasteiger partial charge in [0, 0.05) is 19.3 Å². The van der Waals surface area contributed by atoms with E-state index >= 15 is 0 Å². The molecule has 0 bridgehead atoms. The van der Waals surface area contributed by atoms with Crippen LogP contribution in [0.2, 0.25) is 0 Å². The number of nitriles is 1. The topological polar surface area (TPSA) is 98.0 Å². The number of hydrogen-bond donors (Lipinski definition) is 3. The number of carbonyl (C=O) groups excluding carboxylic acids is 1. The van der Waals surface area contributed by atoms with Gasteiger partial charge in [-0.25, -0.2) is 9.37 Å². The summed E-state index contributed by atoms with van der Waals surface area (Å²) in [6.45, 7) is 0.508. The molecule has 0 unspecified atom stereocenters. The summed E-state index contributed by atoms with van der Waals surface area (Å²) in [5.41, 5.74) is 0.222. The molecule has 1 heterocycles. The van der Waals surface area contributed by atoms with Crippen LogP contribution >= 0.6 is 0 Å². The highest BCUT2D eigenvalue weighted by atomic mass is 19.1. The maximum Gasteiger partial charge on any atom is 0.273 e. The number of carbonyl (C=O) groups is 1. The van der Waals surface area contributed by atoms with E-state index in [9.17, 15) is 14.3 Å². The molecule has 0 saturated carbocycles. The molecule has 0 radical (unpaired) electrons. The molecule has 0 aliphatic carbocycles. The van der Waals surface area contributed by atoms with Gasteiger partial charge in [-0.3, -0.25) is 4.79 Å². The van der Waals surface area contributed by atoms with Crippen molar-refractivity contribution >= 4 is 11.6 Å². The number of aromatic nitrogens is 1. The lowest BCUT2D eigenvalue weighted by atomic mass is 10.2. The minimum atomic E-state index is -0.602. The lowest BCUT2D eigenvalue weighted by Gasteiger charge is -2.09. The molecule has 0 atom stereocenters. The Labute approximate surface area is 126 Å². The van der Waals surface area contributed by atoms with Crippen LogP contribution in [0.5, 0.6) is 5.75 Å². The fraction of sp³-hybridized carbons (Fsp3) is 0.133. The van der Waals surface area contributed by atoms with E-state index in [1.807, 2.05) is 0 Å². The highest BCUT2D eigenvalue weighted by molar-refractivity contribution is 5.94. The highest BCUT2D eigenvalue weighted by Crippen LogP contribution is 2.17. The molecule has 0 aliphatic rings. The molecule has 6 nitrogen and oxygen atoms in total. The van der Waals surface area contributed by atoms with E-state index < -0.39 is 11.7 Å². The first-order valence-electron chi connectivity index (χ1n) is 6.48. The van der Waals surface area contributed by atoms with Crippen LogP contribution in [0.4, 0.5) is 10.1 Å². The number of anilines is 1. The van der Waals surface area contributed by atoms with Crippen LogP contribution in [0.15, 0.2) is 36.5 Å². The molecule has 112 valence electrons. The van der Waals surface area contributed by atoms with Gasteiger partial charge in [0.2, 0.25) is 0 Å². The van der Waals surface area contributed by atoms with Crippen molar-refractivity contribution in [2.45, 2.75) is 0 Å². The second-order valence-corrected chi connectivity index (χ2v) is 4.33. The van der Waals surface area contributed by atoms with Crippen LogP contribution in [0.25, 0.3) is 0 Å². The van der Waals surface area contributed by atoms with Gasteiger partial charge in [-0.1, -0.05) is 6.07 Å². The van der Waals surface area contributed by atoms with Gasteiger partial charge in [0.1, 0.15) is 23.2 Å². The van der Waals surface area contributed by atoms with E-state index in [0.29, 0.717) is 5.69 Å². The van der Waals surface area contributed by atoms with E-state index in [0.717, 1.165) is 0 Å². The van der Waals surface area contributed by atoms with Crippen molar-refractivity contribution in [1.82, 2.24) is 10.3 Å². The SMILES string of the molecule is N#Cc1c(F)cccc1NCCNC(=O)c1ncccc1O. The predicted octanol–water partition coefficient (Wildman–Crippen LogP) is 1.64. The van der Waals surface area contributed by atoms with E-state index in [-0.39, 0.29) is 30.1 Å². The average Bonchev–Trinajstić information content (AvgIpc) is 2.52. The molecule has 2 rings (SSSR count). The smallest absolute Gasteiger partial charge is 0.273 e. The molecule has 0 spiro atoms. The summed E-state index contributed by atoms with van der Waals surface area (Å²) in [6, 6.07) is 8.93. The third-order valence-corrected chi connectivity index (χ3v) is 2.85. The molecule has 1 aromatic carbocycles. The lowest BCUT2D eigenvalue weighted by molar-refractivity contribution is 0.0947. The largest absolute Gasteiger partial charge is 0.505 e. The van der Waals surface area contributed by atoms with Crippen LogP contribution in [0, 0.1) is 17.1 Å². The zero-order valence-electron chi connectivity index (χ0n) is 11.5. The summed E-state index contributed by atoms with van der Waals surface area (Å²) < 4.78 is 13.4. The number of hydrogen-bond acceptors (Lipinski definition) is 5. The number of rotatable bonds is 5. The second-order valence-electron chi connectivity index (χ2n) is 4.33. The summed E-state index contributed by atoms with van der Waals surface area (Å²) >= 11 is 0. The Morgan fingerprint density at radius 2 is 2.14 bits per heavy atom. The third-order valence-electron chi connectivity index (χ3n) is 2.85. The maximum absolute atomic E-state index is 13.4. The van der Waals surface area contributed by atoms with Crippen molar-refractivity contribution in [2.24, 2.45) is 0 Å². The molecule has 1 aromatic heterocycles. The van der Waals surface area contributed by atoms with Crippen molar-refractivity contribution in [3.05, 3.63) is 53.6 Å². The molecule has 0 fully saturated rings. The summed E-state index contributed by atoms with van der Waals surface area (Å²) in [6.07, 6.45) is 1.40. The van der Waals surface area contributed by atoms with E-state index in [1.54, 1.807) is 12.1 Å². The van der Waals surface area contributed by atoms with Gasteiger partial charge < -0.3 is 15.7 Å². The summed E-state index contributed by atoms with van der Waals surface area (Å²) in [5, 5.41) is 23.8. The number of nitrogens with zero attached hydrogens (tertiary/aromatic N) is 2. The monoisotopic (exact) mass is 300 g/mol. The molecule has 2 aromatic rings. The normalized spacial score (nSPS) is 9.82. The molecule has 7 heteroatoms. The van der Waals surface area contributed by atoms with E-state index in [4.69, 9.17) is 5.26 Å². The fourth-order valence-electron chi connectivity index (χ4n) is 1.81. The lowest BCUT2D eigenvalue weighted by Crippen LogP contribution is -2.29. The van der Waals surface area contributed by atoms with Crippen molar-refractivity contribution < 1.29 is 14.3 Å². The van der Waals surface area contributed by atoms with Crippen LogP contribution in [-0.2, 0) is 0 Å². The quantitative estimate of drug-likeness (QED) is 0.729. The van der Waals surface area contributed by atoms with Crippen molar-refractivity contribution in [1.29, 1.82) is 5.26 Å². The molecule has 22 heavy (non-hydrogen) atoms. The molecule has 0 aliphatic heterocycles. The van der Waals surface area contributed by atoms with Gasteiger partial charge in [0.25, 0.3) is 5.91 Å². The number of benzene rings is 1. The molecule has 1 amide bonds. The summed E-state index contributed by atoms with van der Waals surface area (Å²) in [4.78, 5) is 15.6. The van der Waals surface area contributed by atoms with Crippen molar-refractivity contribution in [2.75, 3.05) is 18.4 Å². The summed E-state index contributed by atoms with van der Waals surface area (Å²) in [7, 11) is 0. The average molecular weight is 300 g/mol. The Balaban J connectivity index is 1.88. The minimum absolute atomic E-state index is 0.0639. The standard InChI is InChI=1S/C15H13FN4O2/c16-11-3-1-4-12(10(11)9-17)18-7-8-20-15(22)14-13(21)5-2-6-19-14/h1-6,18,21H,7-8H2,(H,20,22). The fourth-order valence-corrected chi connectivity index (χ4v) is 1.81. The Morgan fingerprint density at radius 3 is 2.86 bits per heavy atom.